The Morgan fingerprint density at radius 3 is 2.50 bits per heavy atom. The lowest BCUT2D eigenvalue weighted by molar-refractivity contribution is -0.123. The Morgan fingerprint density at radius 1 is 1.17 bits per heavy atom. The molecule has 0 saturated carbocycles. The molecule has 5 nitrogen and oxygen atoms in total. The molecule has 0 aliphatic carbocycles. The number of rotatable bonds is 6. The molecule has 5 heteroatoms. The SMILES string of the molecule is CC(=O)NCCNC(=O)COc1ccccc1C. The van der Waals surface area contributed by atoms with Crippen molar-refractivity contribution in [2.24, 2.45) is 0 Å². The summed E-state index contributed by atoms with van der Waals surface area (Å²) < 4.78 is 5.38. The number of aryl methyl sites for hydroxylation is 1. The average molecular weight is 250 g/mol. The molecule has 1 aromatic rings. The van der Waals surface area contributed by atoms with E-state index < -0.39 is 0 Å². The summed E-state index contributed by atoms with van der Waals surface area (Å²) in [4.78, 5) is 22.0. The zero-order valence-electron chi connectivity index (χ0n) is 10.7. The van der Waals surface area contributed by atoms with Gasteiger partial charge in [0.1, 0.15) is 5.75 Å². The van der Waals surface area contributed by atoms with E-state index >= 15 is 0 Å². The molecular weight excluding hydrogens is 232 g/mol. The van der Waals surface area contributed by atoms with Gasteiger partial charge in [0.25, 0.3) is 5.91 Å². The van der Waals surface area contributed by atoms with Crippen molar-refractivity contribution in [2.45, 2.75) is 13.8 Å². The summed E-state index contributed by atoms with van der Waals surface area (Å²) in [6, 6.07) is 7.51. The lowest BCUT2D eigenvalue weighted by Crippen LogP contribution is -2.36. The minimum atomic E-state index is -0.205. The Balaban J connectivity index is 2.21. The number of hydrogen-bond acceptors (Lipinski definition) is 3. The van der Waals surface area contributed by atoms with Crippen LogP contribution in [0.1, 0.15) is 12.5 Å². The number of amides is 2. The van der Waals surface area contributed by atoms with Crippen LogP contribution in [0.15, 0.2) is 24.3 Å². The Hall–Kier alpha value is -2.04. The maximum absolute atomic E-state index is 11.4. The third-order valence-electron chi connectivity index (χ3n) is 2.27. The van der Waals surface area contributed by atoms with Crippen LogP contribution in [0.2, 0.25) is 0 Å². The molecule has 0 saturated heterocycles. The minimum Gasteiger partial charge on any atom is -0.484 e. The van der Waals surface area contributed by atoms with Crippen LogP contribution in [-0.4, -0.2) is 31.5 Å². The van der Waals surface area contributed by atoms with E-state index in [0.29, 0.717) is 18.8 Å². The van der Waals surface area contributed by atoms with Crippen molar-refractivity contribution in [3.63, 3.8) is 0 Å². The predicted octanol–water partition coefficient (Wildman–Crippen LogP) is 0.626. The zero-order valence-corrected chi connectivity index (χ0v) is 10.7. The third-order valence-corrected chi connectivity index (χ3v) is 2.27. The third kappa shape index (κ3) is 5.34. The van der Waals surface area contributed by atoms with Gasteiger partial charge in [-0.15, -0.1) is 0 Å². The average Bonchev–Trinajstić information content (AvgIpc) is 2.33. The highest BCUT2D eigenvalue weighted by Crippen LogP contribution is 2.15. The van der Waals surface area contributed by atoms with Crippen LogP contribution >= 0.6 is 0 Å². The molecule has 0 aliphatic rings. The number of ether oxygens (including phenoxy) is 1. The molecule has 1 rings (SSSR count). The van der Waals surface area contributed by atoms with Crippen molar-refractivity contribution in [3.8, 4) is 5.75 Å². The van der Waals surface area contributed by atoms with Crippen LogP contribution < -0.4 is 15.4 Å². The molecule has 0 aliphatic heterocycles. The standard InChI is InChI=1S/C13H18N2O3/c1-10-5-3-4-6-12(10)18-9-13(17)15-8-7-14-11(2)16/h3-6H,7-9H2,1-2H3,(H,14,16)(H,15,17). The number of benzene rings is 1. The summed E-state index contributed by atoms with van der Waals surface area (Å²) in [5, 5.41) is 5.24. The van der Waals surface area contributed by atoms with E-state index in [2.05, 4.69) is 10.6 Å². The van der Waals surface area contributed by atoms with Gasteiger partial charge in [0, 0.05) is 20.0 Å². The van der Waals surface area contributed by atoms with Crippen molar-refractivity contribution >= 4 is 11.8 Å². The molecule has 0 aromatic heterocycles. The van der Waals surface area contributed by atoms with E-state index in [-0.39, 0.29) is 18.4 Å². The van der Waals surface area contributed by atoms with Gasteiger partial charge in [0.05, 0.1) is 0 Å². The van der Waals surface area contributed by atoms with Gasteiger partial charge in [0.15, 0.2) is 6.61 Å². The van der Waals surface area contributed by atoms with Crippen molar-refractivity contribution in [1.29, 1.82) is 0 Å². The fourth-order valence-corrected chi connectivity index (χ4v) is 1.35. The fraction of sp³-hybridized carbons (Fsp3) is 0.385. The highest BCUT2D eigenvalue weighted by molar-refractivity contribution is 5.77. The molecule has 98 valence electrons. The van der Waals surface area contributed by atoms with Gasteiger partial charge in [0.2, 0.25) is 5.91 Å². The Labute approximate surface area is 107 Å². The van der Waals surface area contributed by atoms with Gasteiger partial charge in [-0.25, -0.2) is 0 Å². The Kier molecular flexibility index (Phi) is 5.70. The first-order chi connectivity index (χ1) is 8.59. The second-order valence-corrected chi connectivity index (χ2v) is 3.89. The molecular formula is C13H18N2O3. The Bertz CT molecular complexity index is 418. The number of carbonyl (C=O) groups excluding carboxylic acids is 2. The largest absolute Gasteiger partial charge is 0.484 e. The van der Waals surface area contributed by atoms with E-state index in [1.54, 1.807) is 0 Å². The van der Waals surface area contributed by atoms with Crippen LogP contribution in [0.3, 0.4) is 0 Å². The van der Waals surface area contributed by atoms with Crippen molar-refractivity contribution < 1.29 is 14.3 Å². The fourth-order valence-electron chi connectivity index (χ4n) is 1.35. The topological polar surface area (TPSA) is 67.4 Å². The summed E-state index contributed by atoms with van der Waals surface area (Å²) in [5.74, 6) is 0.388. The number of hydrogen-bond donors (Lipinski definition) is 2. The van der Waals surface area contributed by atoms with Gasteiger partial charge < -0.3 is 15.4 Å². The monoisotopic (exact) mass is 250 g/mol. The molecule has 0 unspecified atom stereocenters. The molecule has 1 aromatic carbocycles. The molecule has 2 amide bonds. The van der Waals surface area contributed by atoms with Crippen LogP contribution in [0, 0.1) is 6.92 Å². The lowest BCUT2D eigenvalue weighted by Gasteiger charge is -2.09. The van der Waals surface area contributed by atoms with Crippen molar-refractivity contribution in [1.82, 2.24) is 10.6 Å². The predicted molar refractivity (Wildman–Crippen MR) is 68.4 cm³/mol. The highest BCUT2D eigenvalue weighted by Gasteiger charge is 2.03. The van der Waals surface area contributed by atoms with E-state index in [0.717, 1.165) is 5.56 Å². The molecule has 0 heterocycles. The summed E-state index contributed by atoms with van der Waals surface area (Å²) in [6.45, 7) is 4.15. The quantitative estimate of drug-likeness (QED) is 0.728. The zero-order chi connectivity index (χ0) is 13.4. The summed E-state index contributed by atoms with van der Waals surface area (Å²) in [7, 11) is 0. The number of para-hydroxylation sites is 1. The molecule has 0 atom stereocenters. The van der Waals surface area contributed by atoms with Crippen molar-refractivity contribution in [3.05, 3.63) is 29.8 Å². The molecule has 18 heavy (non-hydrogen) atoms. The second kappa shape index (κ2) is 7.32. The smallest absolute Gasteiger partial charge is 0.258 e. The Morgan fingerprint density at radius 2 is 1.83 bits per heavy atom. The summed E-state index contributed by atoms with van der Waals surface area (Å²) >= 11 is 0. The van der Waals surface area contributed by atoms with E-state index in [4.69, 9.17) is 4.74 Å². The van der Waals surface area contributed by atoms with Crippen molar-refractivity contribution in [2.75, 3.05) is 19.7 Å². The maximum atomic E-state index is 11.4. The molecule has 0 radical (unpaired) electrons. The van der Waals surface area contributed by atoms with E-state index in [1.165, 1.54) is 6.92 Å². The highest BCUT2D eigenvalue weighted by atomic mass is 16.5. The van der Waals surface area contributed by atoms with E-state index in [1.807, 2.05) is 31.2 Å². The first kappa shape index (κ1) is 14.0. The minimum absolute atomic E-state index is 0.0229. The van der Waals surface area contributed by atoms with Crippen LogP contribution in [0.4, 0.5) is 0 Å². The van der Waals surface area contributed by atoms with Gasteiger partial charge in [-0.2, -0.15) is 0 Å². The van der Waals surface area contributed by atoms with Crippen LogP contribution in [-0.2, 0) is 9.59 Å². The van der Waals surface area contributed by atoms with Gasteiger partial charge in [-0.3, -0.25) is 9.59 Å². The molecule has 0 spiro atoms. The van der Waals surface area contributed by atoms with Crippen LogP contribution in [0.25, 0.3) is 0 Å². The van der Waals surface area contributed by atoms with E-state index in [9.17, 15) is 9.59 Å². The van der Waals surface area contributed by atoms with Crippen LogP contribution in [0.5, 0.6) is 5.75 Å². The molecule has 0 fully saturated rings. The first-order valence-electron chi connectivity index (χ1n) is 5.79. The van der Waals surface area contributed by atoms with Gasteiger partial charge >= 0.3 is 0 Å². The van der Waals surface area contributed by atoms with Gasteiger partial charge in [-0.1, -0.05) is 18.2 Å². The lowest BCUT2D eigenvalue weighted by atomic mass is 10.2. The van der Waals surface area contributed by atoms with Gasteiger partial charge in [-0.05, 0) is 18.6 Å². The number of nitrogens with one attached hydrogen (secondary N) is 2. The molecule has 0 bridgehead atoms. The molecule has 2 N–H and O–H groups in total. The summed E-state index contributed by atoms with van der Waals surface area (Å²) in [5.41, 5.74) is 0.989. The first-order valence-corrected chi connectivity index (χ1v) is 5.79. The number of carbonyl (C=O) groups is 2. The second-order valence-electron chi connectivity index (χ2n) is 3.89. The maximum Gasteiger partial charge on any atom is 0.258 e. The summed E-state index contributed by atoms with van der Waals surface area (Å²) in [6.07, 6.45) is 0. The normalized spacial score (nSPS) is 9.67.